The summed E-state index contributed by atoms with van der Waals surface area (Å²) in [5.41, 5.74) is 6.03. The molecule has 2 fully saturated rings. The molecule has 1 N–H and O–H groups in total. The van der Waals surface area contributed by atoms with Gasteiger partial charge in [0.2, 0.25) is 5.95 Å². The number of nitrogens with zero attached hydrogens (tertiary/aromatic N) is 5. The molecule has 0 spiro atoms. The first-order valence-corrected chi connectivity index (χ1v) is 14.4. The van der Waals surface area contributed by atoms with Gasteiger partial charge in [-0.2, -0.15) is 0 Å². The van der Waals surface area contributed by atoms with Crippen LogP contribution < -0.4 is 9.80 Å². The molecule has 0 atom stereocenters. The van der Waals surface area contributed by atoms with E-state index in [2.05, 4.69) is 42.4 Å². The summed E-state index contributed by atoms with van der Waals surface area (Å²) in [5.74, 6) is 2.90. The summed E-state index contributed by atoms with van der Waals surface area (Å²) in [6.45, 7) is 13.7. The summed E-state index contributed by atoms with van der Waals surface area (Å²) in [4.78, 5) is 19.2. The monoisotopic (exact) mass is 527 g/mol. The summed E-state index contributed by atoms with van der Waals surface area (Å²) in [7, 11) is 0. The minimum atomic E-state index is 0.231. The third kappa shape index (κ3) is 6.95. The molecule has 1 saturated heterocycles. The third-order valence-corrected chi connectivity index (χ3v) is 7.77. The minimum absolute atomic E-state index is 0.231. The molecule has 7 heteroatoms. The van der Waals surface area contributed by atoms with E-state index in [-0.39, 0.29) is 5.75 Å². The van der Waals surface area contributed by atoms with Gasteiger partial charge in [0.25, 0.3) is 0 Å². The van der Waals surface area contributed by atoms with Gasteiger partial charge >= 0.3 is 0 Å². The highest BCUT2D eigenvalue weighted by Crippen LogP contribution is 2.34. The molecule has 1 saturated carbocycles. The molecule has 0 bridgehead atoms. The number of ether oxygens (including phenoxy) is 1. The van der Waals surface area contributed by atoms with Crippen LogP contribution in [-0.4, -0.2) is 59.5 Å². The normalized spacial score (nSPS) is 15.4. The van der Waals surface area contributed by atoms with Gasteiger partial charge in [-0.25, -0.2) is 15.0 Å². The van der Waals surface area contributed by atoms with Gasteiger partial charge in [-0.05, 0) is 73.9 Å². The van der Waals surface area contributed by atoms with Crippen molar-refractivity contribution in [2.75, 3.05) is 49.2 Å². The molecular weight excluding hydrogens is 486 g/mol. The number of anilines is 2. The second-order valence-electron chi connectivity index (χ2n) is 10.8. The van der Waals surface area contributed by atoms with Crippen molar-refractivity contribution in [1.29, 1.82) is 0 Å². The number of benzene rings is 1. The number of phenols is 1. The number of rotatable bonds is 12. The van der Waals surface area contributed by atoms with E-state index >= 15 is 0 Å². The second-order valence-corrected chi connectivity index (χ2v) is 10.8. The molecule has 3 heterocycles. The number of aromatic nitrogens is 3. The van der Waals surface area contributed by atoms with Crippen LogP contribution >= 0.6 is 0 Å². The molecule has 0 amide bonds. The predicted octanol–water partition coefficient (Wildman–Crippen LogP) is 6.05. The van der Waals surface area contributed by atoms with Crippen molar-refractivity contribution in [3.63, 3.8) is 0 Å². The van der Waals surface area contributed by atoms with Gasteiger partial charge in [0.05, 0.1) is 18.9 Å². The summed E-state index contributed by atoms with van der Waals surface area (Å²) in [5, 5.41) is 10.2. The zero-order valence-electron chi connectivity index (χ0n) is 23.4. The zero-order valence-corrected chi connectivity index (χ0v) is 23.4. The fourth-order valence-electron chi connectivity index (χ4n) is 5.26. The molecule has 1 aliphatic heterocycles. The summed E-state index contributed by atoms with van der Waals surface area (Å²) < 4.78 is 5.53. The number of morpholine rings is 1. The number of aromatic hydroxyl groups is 1. The van der Waals surface area contributed by atoms with Gasteiger partial charge in [-0.3, -0.25) is 0 Å². The summed E-state index contributed by atoms with van der Waals surface area (Å²) in [6, 6.07) is 11.6. The van der Waals surface area contributed by atoms with Gasteiger partial charge in [-0.15, -0.1) is 0 Å². The van der Waals surface area contributed by atoms with Crippen molar-refractivity contribution in [3.8, 4) is 17.0 Å². The van der Waals surface area contributed by atoms with Gasteiger partial charge in [0.15, 0.2) is 0 Å². The molecule has 206 valence electrons. The first kappa shape index (κ1) is 27.1. The number of hydrogen-bond donors (Lipinski definition) is 1. The lowest BCUT2D eigenvalue weighted by molar-refractivity contribution is 0.122. The lowest BCUT2D eigenvalue weighted by atomic mass is 9.96. The smallest absolute Gasteiger partial charge is 0.226 e. The standard InChI is InChI=1S/C32H41N5O2/c1-4-15-36(16-13-25-9-10-25)30-22-26(12-14-33-30)23(2)8-11-29-24(3)34-32(37-17-19-39-20-18-37)35-31(29)27-6-5-7-28(38)21-27/h5-7,12,14,21-22,25,38H,2,4,8-11,13,15-20H2,1,3H3. The molecule has 7 nitrogen and oxygen atoms in total. The van der Waals surface area contributed by atoms with E-state index in [1.807, 2.05) is 18.3 Å². The maximum absolute atomic E-state index is 10.2. The Labute approximate surface area is 232 Å². The van der Waals surface area contributed by atoms with Gasteiger partial charge in [-0.1, -0.05) is 38.5 Å². The number of hydrogen-bond acceptors (Lipinski definition) is 7. The van der Waals surface area contributed by atoms with Crippen LogP contribution in [0, 0.1) is 12.8 Å². The number of pyridine rings is 1. The molecule has 0 radical (unpaired) electrons. The molecule has 2 aliphatic rings. The van der Waals surface area contributed by atoms with Crippen LogP contribution in [0.2, 0.25) is 0 Å². The molecule has 0 unspecified atom stereocenters. The quantitative estimate of drug-likeness (QED) is 0.307. The third-order valence-electron chi connectivity index (χ3n) is 7.77. The Morgan fingerprint density at radius 3 is 2.69 bits per heavy atom. The van der Waals surface area contributed by atoms with E-state index in [1.54, 1.807) is 12.1 Å². The molecule has 2 aromatic heterocycles. The van der Waals surface area contributed by atoms with E-state index in [4.69, 9.17) is 19.7 Å². The van der Waals surface area contributed by atoms with Crippen LogP contribution in [0.1, 0.15) is 55.8 Å². The summed E-state index contributed by atoms with van der Waals surface area (Å²) >= 11 is 0. The Balaban J connectivity index is 1.36. The number of aryl methyl sites for hydroxylation is 1. The van der Waals surface area contributed by atoms with Crippen molar-refractivity contribution in [1.82, 2.24) is 15.0 Å². The fourth-order valence-corrected chi connectivity index (χ4v) is 5.26. The Hall–Kier alpha value is -3.45. The van der Waals surface area contributed by atoms with E-state index in [1.165, 1.54) is 19.3 Å². The molecule has 3 aromatic rings. The van der Waals surface area contributed by atoms with Crippen molar-refractivity contribution >= 4 is 17.3 Å². The highest BCUT2D eigenvalue weighted by molar-refractivity contribution is 5.69. The largest absolute Gasteiger partial charge is 0.508 e. The molecular formula is C32H41N5O2. The molecule has 1 aromatic carbocycles. The predicted molar refractivity (Wildman–Crippen MR) is 158 cm³/mol. The maximum atomic E-state index is 10.2. The summed E-state index contributed by atoms with van der Waals surface area (Å²) in [6.07, 6.45) is 8.58. The number of phenolic OH excluding ortho intramolecular Hbond substituents is 1. The van der Waals surface area contributed by atoms with E-state index in [0.717, 1.165) is 96.8 Å². The van der Waals surface area contributed by atoms with Crippen LogP contribution in [0.25, 0.3) is 16.8 Å². The van der Waals surface area contributed by atoms with Gasteiger partial charge in [0.1, 0.15) is 11.6 Å². The van der Waals surface area contributed by atoms with E-state index in [9.17, 15) is 5.11 Å². The van der Waals surface area contributed by atoms with Gasteiger partial charge < -0.3 is 19.6 Å². The minimum Gasteiger partial charge on any atom is -0.508 e. The van der Waals surface area contributed by atoms with Crippen LogP contribution in [0.3, 0.4) is 0 Å². The van der Waals surface area contributed by atoms with Crippen molar-refractivity contribution < 1.29 is 9.84 Å². The van der Waals surface area contributed by atoms with E-state index in [0.29, 0.717) is 13.2 Å². The lowest BCUT2D eigenvalue weighted by Crippen LogP contribution is -2.37. The maximum Gasteiger partial charge on any atom is 0.226 e. The van der Waals surface area contributed by atoms with Crippen LogP contribution in [0.5, 0.6) is 5.75 Å². The molecule has 5 rings (SSSR count). The van der Waals surface area contributed by atoms with Crippen molar-refractivity contribution in [2.24, 2.45) is 5.92 Å². The average molecular weight is 528 g/mol. The molecule has 39 heavy (non-hydrogen) atoms. The average Bonchev–Trinajstić information content (AvgIpc) is 3.79. The van der Waals surface area contributed by atoms with Crippen molar-refractivity contribution in [2.45, 2.75) is 52.4 Å². The Morgan fingerprint density at radius 1 is 1.13 bits per heavy atom. The van der Waals surface area contributed by atoms with Gasteiger partial charge in [0, 0.05) is 49.2 Å². The Kier molecular flexibility index (Phi) is 8.77. The second kappa shape index (κ2) is 12.6. The highest BCUT2D eigenvalue weighted by atomic mass is 16.5. The zero-order chi connectivity index (χ0) is 27.2. The Morgan fingerprint density at radius 2 is 1.95 bits per heavy atom. The van der Waals surface area contributed by atoms with Crippen LogP contribution in [0.15, 0.2) is 49.2 Å². The van der Waals surface area contributed by atoms with Crippen LogP contribution in [0.4, 0.5) is 11.8 Å². The van der Waals surface area contributed by atoms with E-state index < -0.39 is 0 Å². The van der Waals surface area contributed by atoms with Crippen molar-refractivity contribution in [3.05, 3.63) is 66.0 Å². The number of allylic oxidation sites excluding steroid dienone is 1. The highest BCUT2D eigenvalue weighted by Gasteiger charge is 2.23. The topological polar surface area (TPSA) is 74.6 Å². The first-order chi connectivity index (χ1) is 19.0. The first-order valence-electron chi connectivity index (χ1n) is 14.4. The van der Waals surface area contributed by atoms with Crippen LogP contribution in [-0.2, 0) is 11.2 Å². The SMILES string of the molecule is C=C(CCc1c(C)nc(N2CCOCC2)nc1-c1cccc(O)c1)c1ccnc(N(CCC)CCC2CC2)c1. The Bertz CT molecular complexity index is 1280. The fraction of sp³-hybridized carbons (Fsp3) is 0.469. The lowest BCUT2D eigenvalue weighted by Gasteiger charge is -2.28. The molecule has 1 aliphatic carbocycles.